The second-order valence-corrected chi connectivity index (χ2v) is 9.67. The SMILES string of the molecule is CS(=O)(=O)N(Cc1c(Cl)cccc1Cl)c1ccc(C(=O)N2CCN(C=O)CC2)cc1. The van der Waals surface area contributed by atoms with Crippen molar-refractivity contribution in [1.29, 1.82) is 0 Å². The molecule has 0 aromatic heterocycles. The van der Waals surface area contributed by atoms with Gasteiger partial charge in [0.2, 0.25) is 16.4 Å². The van der Waals surface area contributed by atoms with Crippen molar-refractivity contribution in [3.8, 4) is 0 Å². The molecule has 1 aliphatic heterocycles. The van der Waals surface area contributed by atoms with Gasteiger partial charge in [0.15, 0.2) is 0 Å². The fourth-order valence-corrected chi connectivity index (χ4v) is 4.60. The maximum atomic E-state index is 12.7. The van der Waals surface area contributed by atoms with Crippen LogP contribution in [0, 0.1) is 0 Å². The lowest BCUT2D eigenvalue weighted by Gasteiger charge is -2.32. The molecule has 2 aromatic rings. The quantitative estimate of drug-likeness (QED) is 0.609. The molecule has 0 radical (unpaired) electrons. The van der Waals surface area contributed by atoms with Crippen molar-refractivity contribution in [2.45, 2.75) is 6.54 Å². The molecule has 1 aliphatic rings. The molecule has 1 heterocycles. The highest BCUT2D eigenvalue weighted by molar-refractivity contribution is 7.92. The molecule has 0 aliphatic carbocycles. The molecular formula is C20H21Cl2N3O4S. The van der Waals surface area contributed by atoms with Gasteiger partial charge in [-0.1, -0.05) is 29.3 Å². The summed E-state index contributed by atoms with van der Waals surface area (Å²) in [6, 6.07) is 11.3. The molecule has 3 rings (SSSR count). The minimum absolute atomic E-state index is 0.0295. The van der Waals surface area contributed by atoms with Crippen LogP contribution in [-0.4, -0.2) is 63.0 Å². The van der Waals surface area contributed by atoms with Gasteiger partial charge in [0, 0.05) is 47.4 Å². The minimum atomic E-state index is -3.63. The molecule has 160 valence electrons. The molecule has 0 atom stereocenters. The van der Waals surface area contributed by atoms with E-state index >= 15 is 0 Å². The van der Waals surface area contributed by atoms with Crippen molar-refractivity contribution in [3.63, 3.8) is 0 Å². The van der Waals surface area contributed by atoms with Crippen LogP contribution in [0.25, 0.3) is 0 Å². The van der Waals surface area contributed by atoms with Gasteiger partial charge in [0.05, 0.1) is 18.5 Å². The number of amides is 2. The van der Waals surface area contributed by atoms with Crippen LogP contribution in [-0.2, 0) is 21.4 Å². The van der Waals surface area contributed by atoms with Crippen molar-refractivity contribution in [1.82, 2.24) is 9.80 Å². The Morgan fingerprint density at radius 1 is 1.03 bits per heavy atom. The van der Waals surface area contributed by atoms with E-state index in [2.05, 4.69) is 0 Å². The smallest absolute Gasteiger partial charge is 0.253 e. The number of halogens is 2. The van der Waals surface area contributed by atoms with Gasteiger partial charge >= 0.3 is 0 Å². The lowest BCUT2D eigenvalue weighted by atomic mass is 10.1. The van der Waals surface area contributed by atoms with Crippen LogP contribution in [0.15, 0.2) is 42.5 Å². The van der Waals surface area contributed by atoms with Crippen molar-refractivity contribution in [3.05, 3.63) is 63.6 Å². The summed E-state index contributed by atoms with van der Waals surface area (Å²) in [6.07, 6.45) is 1.88. The molecule has 0 saturated carbocycles. The van der Waals surface area contributed by atoms with Gasteiger partial charge in [-0.25, -0.2) is 8.42 Å². The topological polar surface area (TPSA) is 78.0 Å². The van der Waals surface area contributed by atoms with Gasteiger partial charge in [-0.2, -0.15) is 0 Å². The van der Waals surface area contributed by atoms with Crippen molar-refractivity contribution in [2.75, 3.05) is 36.7 Å². The average Bonchev–Trinajstić information content (AvgIpc) is 2.72. The number of carbonyl (C=O) groups excluding carboxylic acids is 2. The first kappa shape index (κ1) is 22.4. The molecule has 0 bridgehead atoms. The summed E-state index contributed by atoms with van der Waals surface area (Å²) >= 11 is 12.4. The molecule has 2 aromatic carbocycles. The molecule has 7 nitrogen and oxygen atoms in total. The summed E-state index contributed by atoms with van der Waals surface area (Å²) < 4.78 is 26.0. The van der Waals surface area contributed by atoms with Gasteiger partial charge < -0.3 is 9.80 Å². The second kappa shape index (κ2) is 9.24. The Bertz CT molecular complexity index is 1020. The number of piperazine rings is 1. The number of carbonyl (C=O) groups is 2. The Morgan fingerprint density at radius 2 is 1.60 bits per heavy atom. The molecule has 0 spiro atoms. The average molecular weight is 470 g/mol. The standard InChI is InChI=1S/C20H21Cl2N3O4S/c1-30(28,29)25(13-17-18(21)3-2-4-19(17)22)16-7-5-15(6-8-16)20(27)24-11-9-23(14-26)10-12-24/h2-8,14H,9-13H2,1H3. The van der Waals surface area contributed by atoms with Crippen molar-refractivity contribution < 1.29 is 18.0 Å². The normalized spacial score (nSPS) is 14.5. The van der Waals surface area contributed by atoms with Gasteiger partial charge in [-0.3, -0.25) is 13.9 Å². The first-order valence-corrected chi connectivity index (χ1v) is 11.8. The van der Waals surface area contributed by atoms with Crippen LogP contribution in [0.5, 0.6) is 0 Å². The Hall–Kier alpha value is -2.29. The first-order valence-electron chi connectivity index (χ1n) is 9.20. The minimum Gasteiger partial charge on any atom is -0.342 e. The Morgan fingerprint density at radius 3 is 2.10 bits per heavy atom. The zero-order valence-corrected chi connectivity index (χ0v) is 18.6. The number of rotatable bonds is 6. The monoisotopic (exact) mass is 469 g/mol. The number of hydrogen-bond acceptors (Lipinski definition) is 4. The molecule has 0 N–H and O–H groups in total. The van der Waals surface area contributed by atoms with E-state index in [1.807, 2.05) is 0 Å². The summed E-state index contributed by atoms with van der Waals surface area (Å²) in [7, 11) is -3.63. The Kier molecular flexibility index (Phi) is 6.90. The third kappa shape index (κ3) is 5.06. The van der Waals surface area contributed by atoms with Gasteiger partial charge in [-0.15, -0.1) is 0 Å². The maximum absolute atomic E-state index is 12.7. The lowest BCUT2D eigenvalue weighted by molar-refractivity contribution is -0.119. The van der Waals surface area contributed by atoms with E-state index in [1.165, 1.54) is 4.31 Å². The number of nitrogens with zero attached hydrogens (tertiary/aromatic N) is 3. The van der Waals surface area contributed by atoms with E-state index in [4.69, 9.17) is 23.2 Å². The fraction of sp³-hybridized carbons (Fsp3) is 0.300. The highest BCUT2D eigenvalue weighted by Gasteiger charge is 2.23. The van der Waals surface area contributed by atoms with E-state index in [0.717, 1.165) is 12.7 Å². The van der Waals surface area contributed by atoms with Crippen LogP contribution >= 0.6 is 23.2 Å². The Balaban J connectivity index is 1.81. The summed E-state index contributed by atoms with van der Waals surface area (Å²) in [5, 5.41) is 0.745. The number of hydrogen-bond donors (Lipinski definition) is 0. The van der Waals surface area contributed by atoms with Crippen LogP contribution in [0.4, 0.5) is 5.69 Å². The van der Waals surface area contributed by atoms with E-state index < -0.39 is 10.0 Å². The third-order valence-corrected chi connectivity index (χ3v) is 6.77. The first-order chi connectivity index (χ1) is 14.2. The van der Waals surface area contributed by atoms with E-state index in [9.17, 15) is 18.0 Å². The summed E-state index contributed by atoms with van der Waals surface area (Å²) in [5.41, 5.74) is 1.35. The number of sulfonamides is 1. The van der Waals surface area contributed by atoms with Crippen LogP contribution in [0.1, 0.15) is 15.9 Å². The van der Waals surface area contributed by atoms with Gasteiger partial charge in [-0.05, 0) is 36.4 Å². The van der Waals surface area contributed by atoms with E-state index in [1.54, 1.807) is 52.3 Å². The fourth-order valence-electron chi connectivity index (χ4n) is 3.21. The molecule has 1 saturated heterocycles. The van der Waals surface area contributed by atoms with Crippen molar-refractivity contribution in [2.24, 2.45) is 0 Å². The van der Waals surface area contributed by atoms with Gasteiger partial charge in [0.25, 0.3) is 5.91 Å². The molecular weight excluding hydrogens is 449 g/mol. The van der Waals surface area contributed by atoms with Crippen LogP contribution in [0.3, 0.4) is 0 Å². The summed E-state index contributed by atoms with van der Waals surface area (Å²) in [6.45, 7) is 1.87. The highest BCUT2D eigenvalue weighted by atomic mass is 35.5. The zero-order chi connectivity index (χ0) is 21.9. The zero-order valence-electron chi connectivity index (χ0n) is 16.3. The molecule has 2 amide bonds. The van der Waals surface area contributed by atoms with Gasteiger partial charge in [0.1, 0.15) is 0 Å². The maximum Gasteiger partial charge on any atom is 0.253 e. The van der Waals surface area contributed by atoms with E-state index in [-0.39, 0.29) is 12.5 Å². The summed E-state index contributed by atoms with van der Waals surface area (Å²) in [5.74, 6) is -0.160. The molecule has 30 heavy (non-hydrogen) atoms. The van der Waals surface area contributed by atoms with Crippen LogP contribution in [0.2, 0.25) is 10.0 Å². The lowest BCUT2D eigenvalue weighted by Crippen LogP contribution is -2.48. The van der Waals surface area contributed by atoms with Crippen LogP contribution < -0.4 is 4.31 Å². The predicted molar refractivity (Wildman–Crippen MR) is 117 cm³/mol. The summed E-state index contributed by atoms with van der Waals surface area (Å²) in [4.78, 5) is 26.8. The van der Waals surface area contributed by atoms with E-state index in [0.29, 0.717) is 53.0 Å². The number of anilines is 1. The second-order valence-electron chi connectivity index (χ2n) is 6.95. The number of benzene rings is 2. The largest absolute Gasteiger partial charge is 0.342 e. The highest BCUT2D eigenvalue weighted by Crippen LogP contribution is 2.29. The molecule has 0 unspecified atom stereocenters. The third-order valence-electron chi connectivity index (χ3n) is 4.92. The Labute approximate surface area is 185 Å². The molecule has 10 heteroatoms. The molecule has 1 fully saturated rings. The van der Waals surface area contributed by atoms with Crippen molar-refractivity contribution >= 4 is 51.2 Å². The predicted octanol–water partition coefficient (Wildman–Crippen LogP) is 2.87.